The van der Waals surface area contributed by atoms with Gasteiger partial charge in [0.05, 0.1) is 17.0 Å². The SMILES string of the molecule is CC(CN([C@H]1Cc2ccc(-n3ccccc3=O)cc2C1)S(=O)(=O)C(C)C)S(=O)(=O)N[C@H]1Cc2ccc(-c3cccc(Cn4cccn4)c3)cc2C1. The molecule has 266 valence electrons. The van der Waals surface area contributed by atoms with Gasteiger partial charge in [-0.05, 0) is 116 Å². The Morgan fingerprint density at radius 1 is 0.784 bits per heavy atom. The Bertz CT molecular complexity index is 2340. The number of nitrogens with one attached hydrogen (secondary N) is 1. The summed E-state index contributed by atoms with van der Waals surface area (Å²) in [6, 6.07) is 26.5. The maximum Gasteiger partial charge on any atom is 0.255 e. The van der Waals surface area contributed by atoms with Crippen molar-refractivity contribution in [3.05, 3.63) is 142 Å². The van der Waals surface area contributed by atoms with Crippen LogP contribution in [0.1, 0.15) is 48.6 Å². The van der Waals surface area contributed by atoms with Crippen molar-refractivity contribution in [3.63, 3.8) is 0 Å². The molecule has 12 heteroatoms. The molecule has 5 aromatic rings. The zero-order valence-corrected chi connectivity index (χ0v) is 30.6. The van der Waals surface area contributed by atoms with Crippen LogP contribution in [-0.2, 0) is 52.3 Å². The van der Waals surface area contributed by atoms with E-state index in [-0.39, 0.29) is 18.1 Å². The lowest BCUT2D eigenvalue weighted by atomic mass is 9.99. The first-order valence-corrected chi connectivity index (χ1v) is 20.4. The summed E-state index contributed by atoms with van der Waals surface area (Å²) in [4.78, 5) is 12.4. The van der Waals surface area contributed by atoms with E-state index < -0.39 is 36.6 Å². The quantitative estimate of drug-likeness (QED) is 0.199. The predicted octanol–water partition coefficient (Wildman–Crippen LogP) is 4.73. The monoisotopic (exact) mass is 725 g/mol. The molecule has 3 aromatic carbocycles. The normalized spacial score (nSPS) is 17.9. The molecule has 7 rings (SSSR count). The lowest BCUT2D eigenvalue weighted by Gasteiger charge is -2.32. The molecule has 0 aliphatic heterocycles. The van der Waals surface area contributed by atoms with Gasteiger partial charge in [0.25, 0.3) is 5.56 Å². The number of benzene rings is 3. The fourth-order valence-corrected chi connectivity index (χ4v) is 10.2. The third-order valence-corrected chi connectivity index (χ3v) is 14.3. The highest BCUT2D eigenvalue weighted by atomic mass is 32.2. The van der Waals surface area contributed by atoms with Crippen LogP contribution in [0.4, 0.5) is 0 Å². The van der Waals surface area contributed by atoms with E-state index in [1.165, 1.54) is 10.4 Å². The zero-order chi connectivity index (χ0) is 35.9. The molecule has 1 unspecified atom stereocenters. The van der Waals surface area contributed by atoms with E-state index in [1.54, 1.807) is 49.9 Å². The Labute approximate surface area is 299 Å². The standard InChI is InChI=1S/C39H43N5O5S2/c1-27(2)51(48,49)44(38-22-33-13-14-37(23-35(33)24-38)43-17-5-4-10-39(43)45)25-28(3)50(46,47)41-36-20-32-12-11-31(19-34(32)21-36)30-9-6-8-29(18-30)26-42-16-7-15-40-42/h4-19,23,27-28,36,38,41H,20-22,24-26H2,1-3H3/t28?,36-,38-/m0/s1. The molecule has 3 atom stereocenters. The molecule has 51 heavy (non-hydrogen) atoms. The van der Waals surface area contributed by atoms with Gasteiger partial charge in [0.2, 0.25) is 20.0 Å². The molecule has 0 spiro atoms. The fraction of sp³-hybridized carbons (Fsp3) is 0.333. The van der Waals surface area contributed by atoms with Crippen molar-refractivity contribution in [2.24, 2.45) is 0 Å². The summed E-state index contributed by atoms with van der Waals surface area (Å²) in [5, 5.41) is 2.61. The van der Waals surface area contributed by atoms with Crippen LogP contribution in [0, 0.1) is 0 Å². The van der Waals surface area contributed by atoms with Gasteiger partial charge in [0.1, 0.15) is 0 Å². The van der Waals surface area contributed by atoms with Crippen molar-refractivity contribution in [2.75, 3.05) is 6.54 Å². The van der Waals surface area contributed by atoms with Gasteiger partial charge in [-0.3, -0.25) is 14.0 Å². The molecule has 2 heterocycles. The Morgan fingerprint density at radius 3 is 2.27 bits per heavy atom. The predicted molar refractivity (Wildman–Crippen MR) is 200 cm³/mol. The molecule has 0 radical (unpaired) electrons. The zero-order valence-electron chi connectivity index (χ0n) is 29.0. The molecule has 0 amide bonds. The fourth-order valence-electron chi connectivity index (χ4n) is 7.32. The van der Waals surface area contributed by atoms with Crippen molar-refractivity contribution in [1.29, 1.82) is 0 Å². The van der Waals surface area contributed by atoms with Gasteiger partial charge in [0, 0.05) is 49.0 Å². The van der Waals surface area contributed by atoms with Crippen LogP contribution in [0.15, 0.2) is 108 Å². The molecule has 2 aromatic heterocycles. The summed E-state index contributed by atoms with van der Waals surface area (Å²) in [5.41, 5.74) is 8.03. The largest absolute Gasteiger partial charge is 0.284 e. The third-order valence-electron chi connectivity index (χ3n) is 10.1. The highest BCUT2D eigenvalue weighted by Gasteiger charge is 2.39. The first kappa shape index (κ1) is 35.1. The summed E-state index contributed by atoms with van der Waals surface area (Å²) < 4.78 is 63.0. The molecule has 0 saturated heterocycles. The summed E-state index contributed by atoms with van der Waals surface area (Å²) in [6.45, 7) is 5.36. The van der Waals surface area contributed by atoms with Crippen LogP contribution in [0.5, 0.6) is 0 Å². The summed E-state index contributed by atoms with van der Waals surface area (Å²) >= 11 is 0. The highest BCUT2D eigenvalue weighted by Crippen LogP contribution is 2.32. The van der Waals surface area contributed by atoms with Gasteiger partial charge in [-0.25, -0.2) is 21.6 Å². The lowest BCUT2D eigenvalue weighted by molar-refractivity contribution is 0.323. The second-order valence-electron chi connectivity index (χ2n) is 14.1. The van der Waals surface area contributed by atoms with Crippen molar-refractivity contribution in [1.82, 2.24) is 23.4 Å². The average Bonchev–Trinajstić information content (AvgIpc) is 3.86. The maximum atomic E-state index is 13.8. The molecule has 0 bridgehead atoms. The minimum atomic E-state index is -3.88. The molecule has 2 aliphatic carbocycles. The molecule has 0 saturated carbocycles. The van der Waals surface area contributed by atoms with Crippen LogP contribution in [0.3, 0.4) is 0 Å². The molecular formula is C39H43N5O5S2. The van der Waals surface area contributed by atoms with Crippen molar-refractivity contribution in [2.45, 2.75) is 75.6 Å². The van der Waals surface area contributed by atoms with Crippen molar-refractivity contribution < 1.29 is 16.8 Å². The smallest absolute Gasteiger partial charge is 0.255 e. The maximum absolute atomic E-state index is 13.8. The van der Waals surface area contributed by atoms with E-state index in [0.29, 0.717) is 37.9 Å². The van der Waals surface area contributed by atoms with E-state index >= 15 is 0 Å². The lowest BCUT2D eigenvalue weighted by Crippen LogP contribution is -2.51. The molecule has 1 N–H and O–H groups in total. The molecule has 10 nitrogen and oxygen atoms in total. The van der Waals surface area contributed by atoms with Gasteiger partial charge in [-0.15, -0.1) is 0 Å². The number of sulfonamides is 2. The van der Waals surface area contributed by atoms with E-state index in [0.717, 1.165) is 38.9 Å². The molecule has 0 fully saturated rings. The topological polar surface area (TPSA) is 123 Å². The van der Waals surface area contributed by atoms with Gasteiger partial charge in [-0.2, -0.15) is 9.40 Å². The van der Waals surface area contributed by atoms with Crippen LogP contribution in [-0.4, -0.2) is 64.6 Å². The van der Waals surface area contributed by atoms with E-state index in [1.807, 2.05) is 41.2 Å². The minimum Gasteiger partial charge on any atom is -0.284 e. The number of nitrogens with zero attached hydrogens (tertiary/aromatic N) is 4. The second-order valence-corrected chi connectivity index (χ2v) is 18.6. The van der Waals surface area contributed by atoms with Crippen LogP contribution >= 0.6 is 0 Å². The number of fused-ring (bicyclic) bond motifs is 2. The van der Waals surface area contributed by atoms with Crippen LogP contribution in [0.2, 0.25) is 0 Å². The van der Waals surface area contributed by atoms with E-state index in [2.05, 4.69) is 46.2 Å². The highest BCUT2D eigenvalue weighted by molar-refractivity contribution is 7.90. The Morgan fingerprint density at radius 2 is 1.51 bits per heavy atom. The number of hydrogen-bond donors (Lipinski definition) is 1. The minimum absolute atomic E-state index is 0.152. The first-order valence-electron chi connectivity index (χ1n) is 17.4. The molecule has 2 aliphatic rings. The van der Waals surface area contributed by atoms with Crippen LogP contribution in [0.25, 0.3) is 16.8 Å². The average molecular weight is 726 g/mol. The number of pyridine rings is 1. The van der Waals surface area contributed by atoms with Crippen molar-refractivity contribution >= 4 is 20.0 Å². The summed E-state index contributed by atoms with van der Waals surface area (Å²) in [7, 11) is -7.69. The Hall–Kier alpha value is -4.36. The number of rotatable bonds is 12. The third kappa shape index (κ3) is 7.36. The summed E-state index contributed by atoms with van der Waals surface area (Å²) in [5.74, 6) is 0. The van der Waals surface area contributed by atoms with E-state index in [9.17, 15) is 21.6 Å². The first-order chi connectivity index (χ1) is 24.4. The van der Waals surface area contributed by atoms with Gasteiger partial charge >= 0.3 is 0 Å². The Balaban J connectivity index is 1.04. The van der Waals surface area contributed by atoms with Gasteiger partial charge < -0.3 is 0 Å². The number of hydrogen-bond acceptors (Lipinski definition) is 6. The van der Waals surface area contributed by atoms with Gasteiger partial charge in [-0.1, -0.05) is 48.5 Å². The summed E-state index contributed by atoms with van der Waals surface area (Å²) in [6.07, 6.45) is 7.44. The van der Waals surface area contributed by atoms with Crippen LogP contribution < -0.4 is 10.3 Å². The molecular weight excluding hydrogens is 683 g/mol. The van der Waals surface area contributed by atoms with Crippen molar-refractivity contribution in [3.8, 4) is 16.8 Å². The number of aromatic nitrogens is 3. The second kappa shape index (κ2) is 14.0. The van der Waals surface area contributed by atoms with E-state index in [4.69, 9.17) is 0 Å². The van der Waals surface area contributed by atoms with Gasteiger partial charge in [0.15, 0.2) is 0 Å². The Kier molecular flexibility index (Phi) is 9.61.